The van der Waals surface area contributed by atoms with Gasteiger partial charge in [0.05, 0.1) is 32.0 Å². The lowest BCUT2D eigenvalue weighted by Crippen LogP contribution is -2.08. The highest BCUT2D eigenvalue weighted by Crippen LogP contribution is 2.38. The van der Waals surface area contributed by atoms with Crippen molar-refractivity contribution in [3.05, 3.63) is 45.3 Å². The third-order valence-corrected chi connectivity index (χ3v) is 5.02. The van der Waals surface area contributed by atoms with E-state index in [2.05, 4.69) is 37.2 Å². The smallest absolute Gasteiger partial charge is 0.0892 e. The minimum Gasteiger partial charge on any atom is -0.354 e. The number of halogens is 2. The lowest BCUT2D eigenvalue weighted by molar-refractivity contribution is 0.683. The monoisotopic (exact) mass is 371 g/mol. The minimum atomic E-state index is -1.13. The number of nitrogens with one attached hydrogen (secondary N) is 1. The summed E-state index contributed by atoms with van der Waals surface area (Å²) >= 11 is 6.80. The molecule has 0 saturated heterocycles. The molecule has 0 aliphatic carbocycles. The average molecular weight is 373 g/mol. The van der Waals surface area contributed by atoms with Crippen LogP contribution in [0.3, 0.4) is 0 Å². The maximum atomic E-state index is 12.4. The molecular weight excluding hydrogens is 366 g/mol. The molecule has 1 heterocycles. The summed E-state index contributed by atoms with van der Waals surface area (Å²) in [6.45, 7) is 0. The zero-order chi connectivity index (χ0) is 12.0. The van der Waals surface area contributed by atoms with Crippen LogP contribution in [-0.2, 0) is 10.8 Å². The second kappa shape index (κ2) is 4.23. The van der Waals surface area contributed by atoms with Crippen LogP contribution in [0.1, 0.15) is 0 Å². The summed E-state index contributed by atoms with van der Waals surface area (Å²) < 4.78 is 14.3. The molecule has 17 heavy (non-hydrogen) atoms. The van der Waals surface area contributed by atoms with E-state index in [9.17, 15) is 4.21 Å². The van der Waals surface area contributed by atoms with Crippen LogP contribution >= 0.6 is 31.9 Å². The summed E-state index contributed by atoms with van der Waals surface area (Å²) in [5, 5.41) is 3.29. The van der Waals surface area contributed by atoms with Crippen LogP contribution in [0.15, 0.2) is 55.1 Å². The van der Waals surface area contributed by atoms with E-state index in [0.717, 1.165) is 30.1 Å². The molecule has 0 aromatic heterocycles. The Labute approximate surface area is 118 Å². The van der Waals surface area contributed by atoms with Gasteiger partial charge in [0, 0.05) is 8.95 Å². The average Bonchev–Trinajstić information content (AvgIpc) is 2.32. The fourth-order valence-corrected chi connectivity index (χ4v) is 4.14. The molecule has 2 aromatic rings. The fraction of sp³-hybridized carbons (Fsp3) is 0. The Kier molecular flexibility index (Phi) is 2.84. The van der Waals surface area contributed by atoms with Crippen molar-refractivity contribution in [2.24, 2.45) is 0 Å². The largest absolute Gasteiger partial charge is 0.354 e. The first kappa shape index (κ1) is 11.4. The fourth-order valence-electron chi connectivity index (χ4n) is 1.77. The van der Waals surface area contributed by atoms with E-state index in [4.69, 9.17) is 0 Å². The van der Waals surface area contributed by atoms with Gasteiger partial charge in [-0.3, -0.25) is 0 Å². The first-order valence-corrected chi connectivity index (χ1v) is 7.66. The molecule has 0 bridgehead atoms. The van der Waals surface area contributed by atoms with Crippen LogP contribution in [-0.4, -0.2) is 4.21 Å². The molecule has 0 amide bonds. The van der Waals surface area contributed by atoms with E-state index < -0.39 is 10.8 Å². The first-order valence-electron chi connectivity index (χ1n) is 4.93. The molecule has 0 fully saturated rings. The summed E-state index contributed by atoms with van der Waals surface area (Å²) in [6.07, 6.45) is 0. The standard InChI is InChI=1S/C12H7Br2NOS/c13-7-1-3-9-11(5-7)17(16)12-6-8(14)2-4-10(12)15-9/h1-6,15H. The first-order chi connectivity index (χ1) is 8.15. The number of benzene rings is 2. The van der Waals surface area contributed by atoms with E-state index >= 15 is 0 Å². The number of hydrogen-bond acceptors (Lipinski definition) is 2. The molecule has 0 atom stereocenters. The van der Waals surface area contributed by atoms with Gasteiger partial charge in [0.15, 0.2) is 0 Å². The summed E-state index contributed by atoms with van der Waals surface area (Å²) in [5.74, 6) is 0. The summed E-state index contributed by atoms with van der Waals surface area (Å²) in [5.41, 5.74) is 1.81. The Bertz CT molecular complexity index is 589. The molecule has 0 unspecified atom stereocenters. The third-order valence-electron chi connectivity index (χ3n) is 2.56. The molecule has 5 heteroatoms. The number of hydrogen-bond donors (Lipinski definition) is 1. The highest BCUT2D eigenvalue weighted by Gasteiger charge is 2.22. The van der Waals surface area contributed by atoms with Gasteiger partial charge in [0.2, 0.25) is 0 Å². The van der Waals surface area contributed by atoms with E-state index in [0.29, 0.717) is 0 Å². The second-order valence-electron chi connectivity index (χ2n) is 3.67. The number of anilines is 2. The SMILES string of the molecule is O=S1c2cc(Br)ccc2Nc2ccc(Br)cc21. The highest BCUT2D eigenvalue weighted by atomic mass is 79.9. The van der Waals surface area contributed by atoms with Crippen molar-refractivity contribution in [1.29, 1.82) is 0 Å². The predicted octanol–water partition coefficient (Wildman–Crippen LogP) is 4.44. The van der Waals surface area contributed by atoms with Crippen LogP contribution < -0.4 is 5.32 Å². The van der Waals surface area contributed by atoms with Gasteiger partial charge >= 0.3 is 0 Å². The highest BCUT2D eigenvalue weighted by molar-refractivity contribution is 9.10. The molecule has 1 aliphatic rings. The topological polar surface area (TPSA) is 29.1 Å². The van der Waals surface area contributed by atoms with Crippen molar-refractivity contribution in [2.75, 3.05) is 5.32 Å². The lowest BCUT2D eigenvalue weighted by atomic mass is 10.2. The quantitative estimate of drug-likeness (QED) is 0.632. The maximum absolute atomic E-state index is 12.4. The van der Waals surface area contributed by atoms with Gasteiger partial charge in [-0.25, -0.2) is 4.21 Å². The molecular formula is C12H7Br2NOS. The minimum absolute atomic E-state index is 0.810. The number of fused-ring (bicyclic) bond motifs is 2. The lowest BCUT2D eigenvalue weighted by Gasteiger charge is -2.21. The van der Waals surface area contributed by atoms with Gasteiger partial charge in [-0.2, -0.15) is 0 Å². The number of rotatable bonds is 0. The molecule has 1 N–H and O–H groups in total. The van der Waals surface area contributed by atoms with Gasteiger partial charge in [-0.05, 0) is 36.4 Å². The van der Waals surface area contributed by atoms with E-state index in [1.54, 1.807) is 0 Å². The van der Waals surface area contributed by atoms with Crippen LogP contribution in [0.2, 0.25) is 0 Å². The van der Waals surface area contributed by atoms with Crippen molar-refractivity contribution >= 4 is 54.0 Å². The maximum Gasteiger partial charge on any atom is 0.0892 e. The Hall–Kier alpha value is -0.650. The third kappa shape index (κ3) is 1.96. The Balaban J connectivity index is 2.21. The van der Waals surface area contributed by atoms with Gasteiger partial charge in [-0.1, -0.05) is 31.9 Å². The van der Waals surface area contributed by atoms with Crippen LogP contribution in [0.4, 0.5) is 11.4 Å². The summed E-state index contributed by atoms with van der Waals surface area (Å²) in [7, 11) is -1.13. The van der Waals surface area contributed by atoms with E-state index in [1.165, 1.54) is 0 Å². The second-order valence-corrected chi connectivity index (χ2v) is 6.92. The van der Waals surface area contributed by atoms with Crippen molar-refractivity contribution in [3.8, 4) is 0 Å². The van der Waals surface area contributed by atoms with Gasteiger partial charge in [0.1, 0.15) is 0 Å². The predicted molar refractivity (Wildman–Crippen MR) is 76.2 cm³/mol. The van der Waals surface area contributed by atoms with Crippen LogP contribution in [0.5, 0.6) is 0 Å². The molecule has 2 aromatic carbocycles. The molecule has 3 rings (SSSR count). The molecule has 0 saturated carbocycles. The van der Waals surface area contributed by atoms with Crippen molar-refractivity contribution in [2.45, 2.75) is 9.79 Å². The molecule has 0 radical (unpaired) electrons. The van der Waals surface area contributed by atoms with Crippen molar-refractivity contribution in [3.63, 3.8) is 0 Å². The van der Waals surface area contributed by atoms with Gasteiger partial charge in [0.25, 0.3) is 0 Å². The Morgan fingerprint density at radius 1 is 0.882 bits per heavy atom. The van der Waals surface area contributed by atoms with Crippen molar-refractivity contribution in [1.82, 2.24) is 0 Å². The molecule has 86 valence electrons. The summed E-state index contributed by atoms with van der Waals surface area (Å²) in [4.78, 5) is 1.62. The molecule has 1 aliphatic heterocycles. The van der Waals surface area contributed by atoms with Crippen LogP contribution in [0.25, 0.3) is 0 Å². The van der Waals surface area contributed by atoms with E-state index in [-0.39, 0.29) is 0 Å². The zero-order valence-corrected chi connectivity index (χ0v) is 12.5. The molecule has 2 nitrogen and oxygen atoms in total. The molecule has 0 spiro atoms. The Morgan fingerprint density at radius 3 is 1.82 bits per heavy atom. The van der Waals surface area contributed by atoms with Crippen molar-refractivity contribution < 1.29 is 4.21 Å². The van der Waals surface area contributed by atoms with Gasteiger partial charge < -0.3 is 5.32 Å². The normalized spacial score (nSPS) is 13.8. The van der Waals surface area contributed by atoms with E-state index in [1.807, 2.05) is 36.4 Å². The van der Waals surface area contributed by atoms with Crippen LogP contribution in [0, 0.1) is 0 Å². The zero-order valence-electron chi connectivity index (χ0n) is 8.54. The van der Waals surface area contributed by atoms with Gasteiger partial charge in [-0.15, -0.1) is 0 Å². The summed E-state index contributed by atoms with van der Waals surface area (Å²) in [6, 6.07) is 11.5. The Morgan fingerprint density at radius 2 is 1.35 bits per heavy atom.